The van der Waals surface area contributed by atoms with Crippen molar-refractivity contribution in [2.45, 2.75) is 6.92 Å². The van der Waals surface area contributed by atoms with Crippen molar-refractivity contribution in [2.75, 3.05) is 0 Å². The molecule has 1 aromatic heterocycles. The van der Waals surface area contributed by atoms with Gasteiger partial charge in [0.25, 0.3) is 5.69 Å². The molecule has 14 heavy (non-hydrogen) atoms. The van der Waals surface area contributed by atoms with Crippen LogP contribution in [0.2, 0.25) is 0 Å². The van der Waals surface area contributed by atoms with Crippen molar-refractivity contribution < 1.29 is 10.0 Å². The lowest BCUT2D eigenvalue weighted by Crippen LogP contribution is -1.88. The predicted octanol–water partition coefficient (Wildman–Crippen LogP) is 2.82. The number of rotatable bonds is 1. The van der Waals surface area contributed by atoms with Gasteiger partial charge in [-0.25, -0.2) is 0 Å². The van der Waals surface area contributed by atoms with Crippen LogP contribution in [0.5, 0.6) is 5.06 Å². The highest BCUT2D eigenvalue weighted by Gasteiger charge is 2.15. The maximum atomic E-state index is 10.7. The first kappa shape index (κ1) is 8.96. The second kappa shape index (κ2) is 2.95. The fourth-order valence-electron chi connectivity index (χ4n) is 1.39. The first-order valence-corrected chi connectivity index (χ1v) is 4.77. The molecule has 2 aromatic rings. The zero-order valence-corrected chi connectivity index (χ0v) is 8.17. The van der Waals surface area contributed by atoms with E-state index >= 15 is 0 Å². The van der Waals surface area contributed by atoms with Gasteiger partial charge < -0.3 is 5.11 Å². The third-order valence-electron chi connectivity index (χ3n) is 1.94. The van der Waals surface area contributed by atoms with Crippen LogP contribution in [-0.2, 0) is 0 Å². The summed E-state index contributed by atoms with van der Waals surface area (Å²) in [6, 6.07) is 4.76. The number of aryl methyl sites for hydroxylation is 1. The van der Waals surface area contributed by atoms with E-state index in [0.717, 1.165) is 21.6 Å². The fraction of sp³-hybridized carbons (Fsp3) is 0.111. The van der Waals surface area contributed by atoms with E-state index < -0.39 is 4.92 Å². The molecule has 0 fully saturated rings. The summed E-state index contributed by atoms with van der Waals surface area (Å²) in [6.07, 6.45) is 0. The van der Waals surface area contributed by atoms with Crippen LogP contribution >= 0.6 is 11.3 Å². The summed E-state index contributed by atoms with van der Waals surface area (Å²) in [7, 11) is 0. The Labute approximate surface area is 83.6 Å². The summed E-state index contributed by atoms with van der Waals surface area (Å²) in [5.74, 6) is 0. The molecule has 0 saturated heterocycles. The number of hydrogen-bond donors (Lipinski definition) is 1. The number of thiophene rings is 1. The minimum atomic E-state index is -0.429. The molecule has 2 rings (SSSR count). The van der Waals surface area contributed by atoms with Crippen molar-refractivity contribution in [1.82, 2.24) is 0 Å². The Morgan fingerprint density at radius 1 is 1.43 bits per heavy atom. The fourth-order valence-corrected chi connectivity index (χ4v) is 2.31. The van der Waals surface area contributed by atoms with Crippen LogP contribution in [0.1, 0.15) is 5.56 Å². The average Bonchev–Trinajstić information content (AvgIpc) is 2.42. The number of hydrogen-bond acceptors (Lipinski definition) is 4. The van der Waals surface area contributed by atoms with Gasteiger partial charge in [-0.2, -0.15) is 0 Å². The molecule has 5 heteroatoms. The van der Waals surface area contributed by atoms with Gasteiger partial charge in [0.15, 0.2) is 5.06 Å². The first-order valence-electron chi connectivity index (χ1n) is 3.95. The van der Waals surface area contributed by atoms with Crippen LogP contribution in [0, 0.1) is 17.0 Å². The Balaban J connectivity index is 2.85. The molecule has 0 aliphatic rings. The number of nitro benzene ring substituents is 1. The quantitative estimate of drug-likeness (QED) is 0.580. The predicted molar refractivity (Wildman–Crippen MR) is 54.9 cm³/mol. The van der Waals surface area contributed by atoms with Gasteiger partial charge >= 0.3 is 0 Å². The van der Waals surface area contributed by atoms with E-state index in [4.69, 9.17) is 0 Å². The third-order valence-corrected chi connectivity index (χ3v) is 2.83. The molecule has 0 aliphatic heterocycles. The normalized spacial score (nSPS) is 10.6. The minimum absolute atomic E-state index is 0.0524. The lowest BCUT2D eigenvalue weighted by molar-refractivity contribution is -0.383. The summed E-state index contributed by atoms with van der Waals surface area (Å²) in [6.45, 7) is 1.79. The molecule has 0 aliphatic carbocycles. The van der Waals surface area contributed by atoms with Crippen molar-refractivity contribution in [3.63, 3.8) is 0 Å². The van der Waals surface area contributed by atoms with Gasteiger partial charge in [0.1, 0.15) is 0 Å². The van der Waals surface area contributed by atoms with E-state index in [1.807, 2.05) is 6.07 Å². The zero-order valence-electron chi connectivity index (χ0n) is 7.35. The number of non-ortho nitro benzene ring substituents is 1. The van der Waals surface area contributed by atoms with E-state index in [9.17, 15) is 15.2 Å². The second-order valence-corrected chi connectivity index (χ2v) is 4.10. The molecule has 0 spiro atoms. The molecule has 0 saturated carbocycles. The lowest BCUT2D eigenvalue weighted by Gasteiger charge is -1.95. The summed E-state index contributed by atoms with van der Waals surface area (Å²) < 4.78 is 0.745. The highest BCUT2D eigenvalue weighted by Crippen LogP contribution is 2.36. The van der Waals surface area contributed by atoms with Gasteiger partial charge in [0, 0.05) is 16.8 Å². The smallest absolute Gasteiger partial charge is 0.278 e. The molecule has 1 aromatic carbocycles. The summed E-state index contributed by atoms with van der Waals surface area (Å²) in [5, 5.41) is 20.6. The average molecular weight is 209 g/mol. The lowest BCUT2D eigenvalue weighted by atomic mass is 10.1. The Morgan fingerprint density at radius 3 is 2.79 bits per heavy atom. The molecule has 0 radical (unpaired) electrons. The molecule has 0 bridgehead atoms. The molecule has 72 valence electrons. The molecule has 0 unspecified atom stereocenters. The Bertz CT molecular complexity index is 518. The molecule has 0 atom stereocenters. The number of fused-ring (bicyclic) bond motifs is 1. The van der Waals surface area contributed by atoms with Gasteiger partial charge in [-0.15, -0.1) is 0 Å². The van der Waals surface area contributed by atoms with Gasteiger partial charge in [-0.3, -0.25) is 10.1 Å². The monoisotopic (exact) mass is 209 g/mol. The summed E-state index contributed by atoms with van der Waals surface area (Å²) in [4.78, 5) is 10.3. The van der Waals surface area contributed by atoms with Gasteiger partial charge in [0.05, 0.1) is 10.3 Å². The third kappa shape index (κ3) is 1.31. The molecule has 0 amide bonds. The Kier molecular flexibility index (Phi) is 1.89. The highest BCUT2D eigenvalue weighted by atomic mass is 32.1. The minimum Gasteiger partial charge on any atom is -0.499 e. The van der Waals surface area contributed by atoms with Gasteiger partial charge in [0.2, 0.25) is 0 Å². The number of benzene rings is 1. The highest BCUT2D eigenvalue weighted by molar-refractivity contribution is 7.20. The van der Waals surface area contributed by atoms with E-state index in [2.05, 4.69) is 0 Å². The van der Waals surface area contributed by atoms with E-state index in [0.29, 0.717) is 5.39 Å². The van der Waals surface area contributed by atoms with E-state index in [-0.39, 0.29) is 10.8 Å². The number of nitrogens with zero attached hydrogens (tertiary/aromatic N) is 1. The van der Waals surface area contributed by atoms with Gasteiger partial charge in [-0.1, -0.05) is 11.3 Å². The van der Waals surface area contributed by atoms with Crippen molar-refractivity contribution in [3.8, 4) is 5.06 Å². The topological polar surface area (TPSA) is 63.4 Å². The van der Waals surface area contributed by atoms with Crippen molar-refractivity contribution in [1.29, 1.82) is 0 Å². The second-order valence-electron chi connectivity index (χ2n) is 3.04. The summed E-state index contributed by atoms with van der Waals surface area (Å²) in [5.41, 5.74) is 0.877. The van der Waals surface area contributed by atoms with E-state index in [1.165, 1.54) is 12.1 Å². The van der Waals surface area contributed by atoms with Crippen LogP contribution in [0.3, 0.4) is 0 Å². The van der Waals surface area contributed by atoms with Crippen LogP contribution in [0.15, 0.2) is 18.2 Å². The van der Waals surface area contributed by atoms with Gasteiger partial charge in [-0.05, 0) is 18.6 Å². The molecular formula is C9H7NO3S. The van der Waals surface area contributed by atoms with Crippen LogP contribution in [0.4, 0.5) is 5.69 Å². The summed E-state index contributed by atoms with van der Waals surface area (Å²) >= 11 is 1.15. The molecule has 1 heterocycles. The zero-order chi connectivity index (χ0) is 10.3. The largest absolute Gasteiger partial charge is 0.499 e. The van der Waals surface area contributed by atoms with Crippen LogP contribution in [-0.4, -0.2) is 10.0 Å². The standard InChI is InChI=1S/C9H7NO3S/c1-5-2-7(10(12)13)6-4-9(11)14-8(6)3-5/h2-4,11H,1H3. The van der Waals surface area contributed by atoms with Crippen molar-refractivity contribution in [2.24, 2.45) is 0 Å². The Hall–Kier alpha value is -1.62. The molecule has 1 N–H and O–H groups in total. The van der Waals surface area contributed by atoms with Crippen LogP contribution in [0.25, 0.3) is 10.1 Å². The molecule has 4 nitrogen and oxygen atoms in total. The van der Waals surface area contributed by atoms with Crippen molar-refractivity contribution in [3.05, 3.63) is 33.9 Å². The SMILES string of the molecule is Cc1cc([N+](=O)[O-])c2cc(O)sc2c1. The maximum Gasteiger partial charge on any atom is 0.278 e. The molecular weight excluding hydrogens is 202 g/mol. The number of nitro groups is 1. The Morgan fingerprint density at radius 2 is 2.14 bits per heavy atom. The maximum absolute atomic E-state index is 10.7. The number of aromatic hydroxyl groups is 1. The first-order chi connectivity index (χ1) is 6.58. The van der Waals surface area contributed by atoms with Crippen LogP contribution < -0.4 is 0 Å². The van der Waals surface area contributed by atoms with Crippen molar-refractivity contribution >= 4 is 27.1 Å². The van der Waals surface area contributed by atoms with E-state index in [1.54, 1.807) is 6.92 Å².